The van der Waals surface area contributed by atoms with Crippen molar-refractivity contribution in [3.63, 3.8) is 0 Å². The topological polar surface area (TPSA) is 233 Å². The Bertz CT molecular complexity index is 3340. The van der Waals surface area contributed by atoms with E-state index in [1.165, 1.54) is 124 Å². The first-order chi connectivity index (χ1) is 32.4. The summed E-state index contributed by atoms with van der Waals surface area (Å²) in [7, 11) is 12.7. The van der Waals surface area contributed by atoms with Gasteiger partial charge >= 0.3 is 0 Å². The van der Waals surface area contributed by atoms with Gasteiger partial charge in [-0.05, 0) is 121 Å². The zero-order valence-electron chi connectivity index (χ0n) is 35.4. The number of hydrogen-bond donors (Lipinski definition) is 0. The predicted molar refractivity (Wildman–Crippen MR) is 277 cm³/mol. The van der Waals surface area contributed by atoms with E-state index < -0.39 is 60.1 Å². The molecule has 0 fully saturated rings. The van der Waals surface area contributed by atoms with Gasteiger partial charge in [-0.3, -0.25) is 0 Å². The summed E-state index contributed by atoms with van der Waals surface area (Å²) in [5.41, 5.74) is 0. The van der Waals surface area contributed by atoms with Gasteiger partial charge in [0.15, 0.2) is 11.5 Å². The third kappa shape index (κ3) is 25.8. The van der Waals surface area contributed by atoms with Crippen LogP contribution in [-0.2, 0) is 54.3 Å². The molecule has 15 nitrogen and oxygen atoms in total. The molecule has 0 atom stereocenters. The van der Waals surface area contributed by atoms with Crippen molar-refractivity contribution in [2.24, 2.45) is 0 Å². The van der Waals surface area contributed by atoms with Crippen molar-refractivity contribution < 1.29 is 69.1 Å². The van der Waals surface area contributed by atoms with Crippen molar-refractivity contribution >= 4 is 165 Å². The maximum atomic E-state index is 12.2. The normalized spacial score (nSPS) is 11.4. The highest BCUT2D eigenvalue weighted by atomic mass is 35.7. The molecule has 32 heteroatoms. The Hall–Kier alpha value is -2.75. The summed E-state index contributed by atoms with van der Waals surface area (Å²) in [6, 6.07) is 29.6. The quantitative estimate of drug-likeness (QED) is 0.122. The fourth-order valence-corrected chi connectivity index (χ4v) is 9.54. The molecule has 0 saturated heterocycles. The second-order valence-corrected chi connectivity index (χ2v) is 29.3. The summed E-state index contributed by atoms with van der Waals surface area (Å²) < 4.78 is 156. The van der Waals surface area contributed by atoms with Crippen LogP contribution in [0, 0.1) is 5.82 Å². The summed E-state index contributed by atoms with van der Waals surface area (Å²) in [5, 5.41) is 1.29. The molecule has 0 bridgehead atoms. The minimum absolute atomic E-state index is 0.0168. The highest BCUT2D eigenvalue weighted by Crippen LogP contribution is 2.31. The third-order valence-corrected chi connectivity index (χ3v) is 16.8. The van der Waals surface area contributed by atoms with E-state index >= 15 is 0 Å². The number of rotatable bonds is 9. The van der Waals surface area contributed by atoms with Crippen LogP contribution in [0.4, 0.5) is 4.39 Å². The van der Waals surface area contributed by atoms with Crippen LogP contribution in [0.1, 0.15) is 0 Å². The Morgan fingerprint density at radius 1 is 0.338 bits per heavy atom. The van der Waals surface area contributed by atoms with Gasteiger partial charge in [-0.15, -0.1) is 0 Å². The van der Waals surface area contributed by atoms with Crippen LogP contribution < -0.4 is 14.2 Å². The van der Waals surface area contributed by atoms with Crippen molar-refractivity contribution in [1.82, 2.24) is 0 Å². The summed E-state index contributed by atoms with van der Waals surface area (Å²) >= 11 is 22.2. The van der Waals surface area contributed by atoms with Gasteiger partial charge in [0.1, 0.15) is 11.6 Å². The van der Waals surface area contributed by atoms with E-state index in [4.69, 9.17) is 125 Å². The fraction of sp³-hybridized carbons (Fsp3) is 0.0769. The number of ether oxygens (including phenoxy) is 3. The Balaban J connectivity index is 0.000000427. The average Bonchev–Trinajstić information content (AvgIpc) is 3.26. The lowest BCUT2D eigenvalue weighted by atomic mass is 10.3. The van der Waals surface area contributed by atoms with Gasteiger partial charge in [-0.2, -0.15) is 0 Å². The average molecular weight is 1310 g/mol. The fourth-order valence-electron chi connectivity index (χ4n) is 4.15. The van der Waals surface area contributed by atoms with Crippen LogP contribution in [-0.4, -0.2) is 71.8 Å². The molecule has 71 heavy (non-hydrogen) atoms. The lowest BCUT2D eigenvalue weighted by Gasteiger charge is -2.07. The van der Waals surface area contributed by atoms with E-state index in [1.54, 1.807) is 6.07 Å². The number of benzene rings is 6. The molecule has 390 valence electrons. The first kappa shape index (κ1) is 66.3. The number of hydrogen-bond acceptors (Lipinski definition) is 15. The Kier molecular flexibility index (Phi) is 27.4. The van der Waals surface area contributed by atoms with Crippen LogP contribution in [0.15, 0.2) is 163 Å². The zero-order chi connectivity index (χ0) is 54.8. The van der Waals surface area contributed by atoms with Crippen LogP contribution >= 0.6 is 110 Å². The molecule has 0 spiro atoms. The van der Waals surface area contributed by atoms with Crippen LogP contribution in [0.3, 0.4) is 0 Å². The number of methoxy groups -OCH3 is 3. The van der Waals surface area contributed by atoms with Gasteiger partial charge in [0, 0.05) is 80.2 Å². The molecule has 0 aromatic heterocycles. The second-order valence-electron chi connectivity index (χ2n) is 12.3. The molecule has 6 aromatic rings. The van der Waals surface area contributed by atoms with Crippen molar-refractivity contribution in [3.8, 4) is 17.2 Å². The molecule has 0 heterocycles. The molecular weight excluding hydrogens is 1270 g/mol. The van der Waals surface area contributed by atoms with Crippen LogP contribution in [0.2, 0.25) is 20.1 Å². The van der Waals surface area contributed by atoms with Crippen molar-refractivity contribution in [3.05, 3.63) is 159 Å². The Morgan fingerprint density at radius 2 is 0.690 bits per heavy atom. The Labute approximate surface area is 456 Å². The lowest BCUT2D eigenvalue weighted by molar-refractivity contribution is 0.354. The largest absolute Gasteiger partial charge is 0.497 e. The third-order valence-electron chi connectivity index (χ3n) is 7.42. The summed E-state index contributed by atoms with van der Waals surface area (Å²) in [5.74, 6) is 0.888. The monoisotopic (exact) mass is 1300 g/mol. The molecule has 0 saturated carbocycles. The first-order valence-electron chi connectivity index (χ1n) is 17.7. The molecule has 6 rings (SSSR count). The molecule has 0 N–H and O–H groups in total. The van der Waals surface area contributed by atoms with Crippen molar-refractivity contribution in [2.45, 2.75) is 29.4 Å². The lowest BCUT2D eigenvalue weighted by Crippen LogP contribution is -1.94. The molecule has 0 aliphatic rings. The van der Waals surface area contributed by atoms with E-state index in [0.29, 0.717) is 32.3 Å². The molecular formula is C39H31Cl10FO15S6. The standard InChI is InChI=1S/C8H9ClO4S.C7H7ClO3S.C6H3Cl3O2S.2C6H4Cl2O2S.C6H4ClFO2S/c1-12-7-4-3-6(14(9,10)11)5-8(7)13-2;1-11-6-2-4-7(5-3-6)12(8,9)10;7-5-2-1-4(3-6(5)8)12(9,10)11;7-5-1-3-6(4-2-5)11(8,9)10;7-5-2-1-3-6(4-5)11(8,9)10;7-11(9,10)6-3-1-5(8)2-4-6/h3-5H,1-2H3;2-5H,1H3;1-3H;3*1-4H. The van der Waals surface area contributed by atoms with Crippen molar-refractivity contribution in [1.29, 1.82) is 0 Å². The number of halogens is 11. The van der Waals surface area contributed by atoms with Crippen LogP contribution in [0.5, 0.6) is 17.2 Å². The SMILES string of the molecule is COc1ccc(S(=O)(=O)Cl)cc1.COc1ccc(S(=O)(=O)Cl)cc1OC.O=S(=O)(Cl)c1ccc(Cl)c(Cl)c1.O=S(=O)(Cl)c1ccc(Cl)cc1.O=S(=O)(Cl)c1ccc(F)cc1.O=S(=O)(Cl)c1cccc(Cl)c1. The Morgan fingerprint density at radius 3 is 1.04 bits per heavy atom. The van der Waals surface area contributed by atoms with Gasteiger partial charge in [-0.1, -0.05) is 52.5 Å². The van der Waals surface area contributed by atoms with E-state index in [9.17, 15) is 54.9 Å². The van der Waals surface area contributed by atoms with E-state index in [1.807, 2.05) is 0 Å². The summed E-state index contributed by atoms with van der Waals surface area (Å²) in [6.07, 6.45) is 0. The zero-order valence-corrected chi connectivity index (χ0v) is 47.9. The maximum Gasteiger partial charge on any atom is 0.261 e. The summed E-state index contributed by atoms with van der Waals surface area (Å²) in [6.45, 7) is 0. The van der Waals surface area contributed by atoms with Gasteiger partial charge in [0.25, 0.3) is 54.3 Å². The molecule has 0 aliphatic heterocycles. The van der Waals surface area contributed by atoms with E-state index in [2.05, 4.69) is 0 Å². The van der Waals surface area contributed by atoms with Gasteiger partial charge < -0.3 is 14.2 Å². The van der Waals surface area contributed by atoms with Gasteiger partial charge in [0.05, 0.1) is 60.7 Å². The van der Waals surface area contributed by atoms with E-state index in [-0.39, 0.29) is 34.4 Å². The minimum Gasteiger partial charge on any atom is -0.497 e. The maximum absolute atomic E-state index is 12.2. The van der Waals surface area contributed by atoms with Crippen LogP contribution in [0.25, 0.3) is 0 Å². The molecule has 0 aliphatic carbocycles. The van der Waals surface area contributed by atoms with Crippen molar-refractivity contribution in [2.75, 3.05) is 21.3 Å². The molecule has 6 aromatic carbocycles. The van der Waals surface area contributed by atoms with Gasteiger partial charge in [0.2, 0.25) is 0 Å². The predicted octanol–water partition coefficient (Wildman–Crippen LogP) is 12.5. The highest BCUT2D eigenvalue weighted by molar-refractivity contribution is 8.15. The molecule has 0 unspecified atom stereocenters. The molecule has 0 radical (unpaired) electrons. The van der Waals surface area contributed by atoms with Gasteiger partial charge in [-0.25, -0.2) is 54.9 Å². The van der Waals surface area contributed by atoms with E-state index in [0.717, 1.165) is 24.3 Å². The summed E-state index contributed by atoms with van der Waals surface area (Å²) in [4.78, 5) is -0.0175. The minimum atomic E-state index is -3.72. The molecule has 0 amide bonds. The first-order valence-corrected chi connectivity index (χ1v) is 33.1. The smallest absolute Gasteiger partial charge is 0.261 e. The second kappa shape index (κ2) is 29.4. The highest BCUT2D eigenvalue weighted by Gasteiger charge is 2.15.